The Labute approximate surface area is 113 Å². The molecule has 0 saturated heterocycles. The molecule has 1 aromatic heterocycles. The van der Waals surface area contributed by atoms with Crippen molar-refractivity contribution in [2.45, 2.75) is 26.9 Å². The fourth-order valence-electron chi connectivity index (χ4n) is 1.94. The molecule has 0 aliphatic carbocycles. The van der Waals surface area contributed by atoms with Crippen molar-refractivity contribution in [2.75, 3.05) is 0 Å². The number of hydrogen-bond acceptors (Lipinski definition) is 3. The van der Waals surface area contributed by atoms with E-state index >= 15 is 0 Å². The Kier molecular flexibility index (Phi) is 3.95. The number of benzene rings is 1. The minimum absolute atomic E-state index is 0.0470. The van der Waals surface area contributed by atoms with Crippen molar-refractivity contribution < 1.29 is 9.53 Å². The molecular weight excluding hydrogens is 238 g/mol. The molecule has 19 heavy (non-hydrogen) atoms. The third kappa shape index (κ3) is 3.19. The minimum atomic E-state index is 0.0470. The van der Waals surface area contributed by atoms with Gasteiger partial charge in [-0.25, -0.2) is 0 Å². The summed E-state index contributed by atoms with van der Waals surface area (Å²) in [4.78, 5) is 15.8. The summed E-state index contributed by atoms with van der Waals surface area (Å²) in [5.41, 5.74) is 2.48. The van der Waals surface area contributed by atoms with Gasteiger partial charge < -0.3 is 4.74 Å². The molecule has 0 spiro atoms. The number of rotatable bonds is 4. The van der Waals surface area contributed by atoms with E-state index in [1.54, 1.807) is 19.3 Å². The quantitative estimate of drug-likeness (QED) is 0.781. The highest BCUT2D eigenvalue weighted by atomic mass is 16.5. The lowest BCUT2D eigenvalue weighted by atomic mass is 9.99. The standard InChI is InChI=1S/C16H17NO2/c1-11(2)19-14-8-13(9-17-10-14)16-7-5-4-6-15(16)12(3)18/h4-11H,1-3H3. The molecule has 0 bridgehead atoms. The van der Waals surface area contributed by atoms with Crippen molar-refractivity contribution >= 4 is 5.78 Å². The monoisotopic (exact) mass is 255 g/mol. The maximum absolute atomic E-state index is 11.7. The molecule has 0 radical (unpaired) electrons. The van der Waals surface area contributed by atoms with Gasteiger partial charge in [-0.2, -0.15) is 0 Å². The van der Waals surface area contributed by atoms with Crippen LogP contribution in [0.5, 0.6) is 5.75 Å². The largest absolute Gasteiger partial charge is 0.489 e. The van der Waals surface area contributed by atoms with E-state index in [4.69, 9.17) is 4.74 Å². The van der Waals surface area contributed by atoms with Crippen LogP contribution in [0.25, 0.3) is 11.1 Å². The van der Waals surface area contributed by atoms with Crippen LogP contribution >= 0.6 is 0 Å². The van der Waals surface area contributed by atoms with E-state index in [2.05, 4.69) is 4.98 Å². The SMILES string of the molecule is CC(=O)c1ccccc1-c1cncc(OC(C)C)c1. The van der Waals surface area contributed by atoms with Crippen LogP contribution in [0, 0.1) is 0 Å². The molecule has 3 heteroatoms. The van der Waals surface area contributed by atoms with Crippen molar-refractivity contribution in [3.63, 3.8) is 0 Å². The highest BCUT2D eigenvalue weighted by Crippen LogP contribution is 2.26. The molecule has 0 fully saturated rings. The average Bonchev–Trinajstić information content (AvgIpc) is 2.38. The van der Waals surface area contributed by atoms with Crippen molar-refractivity contribution in [2.24, 2.45) is 0 Å². The van der Waals surface area contributed by atoms with Crippen molar-refractivity contribution in [1.29, 1.82) is 0 Å². The van der Waals surface area contributed by atoms with Gasteiger partial charge in [-0.3, -0.25) is 9.78 Å². The first-order chi connectivity index (χ1) is 9.08. The Morgan fingerprint density at radius 2 is 1.95 bits per heavy atom. The summed E-state index contributed by atoms with van der Waals surface area (Å²) in [5, 5.41) is 0. The lowest BCUT2D eigenvalue weighted by Gasteiger charge is -2.11. The predicted octanol–water partition coefficient (Wildman–Crippen LogP) is 3.74. The highest BCUT2D eigenvalue weighted by molar-refractivity contribution is 6.00. The average molecular weight is 255 g/mol. The second-order valence-corrected chi connectivity index (χ2v) is 4.68. The Morgan fingerprint density at radius 1 is 1.21 bits per heavy atom. The third-order valence-corrected chi connectivity index (χ3v) is 2.70. The Hall–Kier alpha value is -2.16. The molecule has 0 saturated carbocycles. The smallest absolute Gasteiger partial charge is 0.160 e. The van der Waals surface area contributed by atoms with Gasteiger partial charge in [0.1, 0.15) is 5.75 Å². The van der Waals surface area contributed by atoms with Gasteiger partial charge in [-0.15, -0.1) is 0 Å². The molecule has 0 aliphatic heterocycles. The predicted molar refractivity (Wildman–Crippen MR) is 75.4 cm³/mol. The Bertz CT molecular complexity index is 591. The van der Waals surface area contributed by atoms with E-state index < -0.39 is 0 Å². The molecule has 0 unspecified atom stereocenters. The normalized spacial score (nSPS) is 10.5. The maximum atomic E-state index is 11.7. The molecule has 98 valence electrons. The van der Waals surface area contributed by atoms with Gasteiger partial charge in [0, 0.05) is 17.3 Å². The number of hydrogen-bond donors (Lipinski definition) is 0. The van der Waals surface area contributed by atoms with Gasteiger partial charge in [-0.05, 0) is 32.4 Å². The van der Waals surface area contributed by atoms with Crippen LogP contribution < -0.4 is 4.74 Å². The molecule has 0 aliphatic rings. The van der Waals surface area contributed by atoms with E-state index in [0.29, 0.717) is 11.3 Å². The number of pyridine rings is 1. The Morgan fingerprint density at radius 3 is 2.63 bits per heavy atom. The van der Waals surface area contributed by atoms with E-state index in [1.807, 2.05) is 44.2 Å². The van der Waals surface area contributed by atoms with Crippen LogP contribution in [0.2, 0.25) is 0 Å². The first-order valence-corrected chi connectivity index (χ1v) is 6.30. The molecule has 0 atom stereocenters. The van der Waals surface area contributed by atoms with E-state index in [9.17, 15) is 4.79 Å². The number of carbonyl (C=O) groups excluding carboxylic acids is 1. The number of aromatic nitrogens is 1. The summed E-state index contributed by atoms with van der Waals surface area (Å²) in [6, 6.07) is 9.44. The summed E-state index contributed by atoms with van der Waals surface area (Å²) in [6.07, 6.45) is 3.52. The number of ketones is 1. The van der Waals surface area contributed by atoms with E-state index in [0.717, 1.165) is 11.1 Å². The maximum Gasteiger partial charge on any atom is 0.160 e. The highest BCUT2D eigenvalue weighted by Gasteiger charge is 2.09. The lowest BCUT2D eigenvalue weighted by Crippen LogP contribution is -2.06. The van der Waals surface area contributed by atoms with Crippen LogP contribution in [0.4, 0.5) is 0 Å². The fraction of sp³-hybridized carbons (Fsp3) is 0.250. The summed E-state index contributed by atoms with van der Waals surface area (Å²) in [5.74, 6) is 0.761. The van der Waals surface area contributed by atoms with Crippen LogP contribution in [-0.2, 0) is 0 Å². The zero-order valence-corrected chi connectivity index (χ0v) is 11.4. The van der Waals surface area contributed by atoms with E-state index in [1.165, 1.54) is 0 Å². The summed E-state index contributed by atoms with van der Waals surface area (Å²) < 4.78 is 5.63. The summed E-state index contributed by atoms with van der Waals surface area (Å²) >= 11 is 0. The van der Waals surface area contributed by atoms with Gasteiger partial charge in [0.25, 0.3) is 0 Å². The zero-order chi connectivity index (χ0) is 13.8. The van der Waals surface area contributed by atoms with Crippen LogP contribution in [0.3, 0.4) is 0 Å². The fourth-order valence-corrected chi connectivity index (χ4v) is 1.94. The zero-order valence-electron chi connectivity index (χ0n) is 11.4. The molecular formula is C16H17NO2. The van der Waals surface area contributed by atoms with Crippen LogP contribution in [0.1, 0.15) is 31.1 Å². The molecule has 0 N–H and O–H groups in total. The molecule has 3 nitrogen and oxygen atoms in total. The molecule has 0 amide bonds. The van der Waals surface area contributed by atoms with Gasteiger partial charge in [0.05, 0.1) is 12.3 Å². The number of ether oxygens (including phenoxy) is 1. The van der Waals surface area contributed by atoms with Crippen LogP contribution in [-0.4, -0.2) is 16.9 Å². The van der Waals surface area contributed by atoms with Crippen molar-refractivity contribution in [1.82, 2.24) is 4.98 Å². The number of Topliss-reactive ketones (excluding diaryl/α,β-unsaturated/α-hetero) is 1. The molecule has 1 heterocycles. The number of carbonyl (C=O) groups is 1. The van der Waals surface area contributed by atoms with Crippen LogP contribution in [0.15, 0.2) is 42.7 Å². The first kappa shape index (κ1) is 13.3. The minimum Gasteiger partial charge on any atom is -0.489 e. The Balaban J connectivity index is 2.44. The first-order valence-electron chi connectivity index (χ1n) is 6.30. The van der Waals surface area contributed by atoms with Crippen molar-refractivity contribution in [3.8, 4) is 16.9 Å². The second kappa shape index (κ2) is 5.65. The molecule has 2 aromatic rings. The second-order valence-electron chi connectivity index (χ2n) is 4.68. The third-order valence-electron chi connectivity index (χ3n) is 2.70. The topological polar surface area (TPSA) is 39.2 Å². The van der Waals surface area contributed by atoms with Gasteiger partial charge in [-0.1, -0.05) is 24.3 Å². The lowest BCUT2D eigenvalue weighted by molar-refractivity contribution is 0.101. The van der Waals surface area contributed by atoms with Gasteiger partial charge in [0.15, 0.2) is 5.78 Å². The molecule has 1 aromatic carbocycles. The van der Waals surface area contributed by atoms with E-state index in [-0.39, 0.29) is 11.9 Å². The van der Waals surface area contributed by atoms with Gasteiger partial charge in [0.2, 0.25) is 0 Å². The summed E-state index contributed by atoms with van der Waals surface area (Å²) in [7, 11) is 0. The van der Waals surface area contributed by atoms with Gasteiger partial charge >= 0.3 is 0 Å². The summed E-state index contributed by atoms with van der Waals surface area (Å²) in [6.45, 7) is 5.51. The number of nitrogens with zero attached hydrogens (tertiary/aromatic N) is 1. The van der Waals surface area contributed by atoms with Crippen molar-refractivity contribution in [3.05, 3.63) is 48.3 Å². The molecule has 2 rings (SSSR count).